The monoisotopic (exact) mass is 386 g/mol. The number of hydrogen-bond donors (Lipinski definition) is 1. The zero-order valence-electron chi connectivity index (χ0n) is 17.2. The Bertz CT molecular complexity index is 1330. The van der Waals surface area contributed by atoms with Crippen LogP contribution in [0.2, 0.25) is 0 Å². The first-order valence-electron chi connectivity index (χ1n) is 9.61. The van der Waals surface area contributed by atoms with Crippen molar-refractivity contribution in [2.24, 2.45) is 4.99 Å². The molecule has 3 aromatic heterocycles. The second-order valence-electron chi connectivity index (χ2n) is 7.59. The summed E-state index contributed by atoms with van der Waals surface area (Å²) < 4.78 is 11.2. The van der Waals surface area contributed by atoms with Crippen LogP contribution in [-0.4, -0.2) is 34.5 Å². The van der Waals surface area contributed by atoms with Crippen molar-refractivity contribution in [2.45, 2.75) is 27.7 Å². The van der Waals surface area contributed by atoms with Gasteiger partial charge in [0.2, 0.25) is 0 Å². The van der Waals surface area contributed by atoms with Gasteiger partial charge in [-0.15, -0.1) is 0 Å². The summed E-state index contributed by atoms with van der Waals surface area (Å²) in [6.45, 7) is 8.82. The lowest BCUT2D eigenvalue weighted by molar-refractivity contribution is 0.393. The van der Waals surface area contributed by atoms with Crippen molar-refractivity contribution in [3.05, 3.63) is 47.1 Å². The maximum atomic E-state index is 5.78. The normalized spacial score (nSPS) is 14.3. The quantitative estimate of drug-likeness (QED) is 0.522. The predicted molar refractivity (Wildman–Crippen MR) is 116 cm³/mol. The highest BCUT2D eigenvalue weighted by atomic mass is 16.5. The summed E-state index contributed by atoms with van der Waals surface area (Å²) in [5.74, 6) is 1.57. The molecule has 4 heterocycles. The molecule has 0 radical (unpaired) electrons. The molecular formula is C23H22N4O2. The standard InChI is InChI=1S/C23H22N4O2/c1-11-8-25-12(2)21(11)17-9-24-10-19-23(17)15-7-20(28-5)16(6-18(15)26-19)22-13(3)27-29-14(22)4/h6-7,9-10,26H,8H2,1-5H3. The van der Waals surface area contributed by atoms with Crippen LogP contribution in [0, 0.1) is 13.8 Å². The summed E-state index contributed by atoms with van der Waals surface area (Å²) >= 11 is 0. The Balaban J connectivity index is 1.85. The van der Waals surface area contributed by atoms with Crippen LogP contribution in [0.1, 0.15) is 30.9 Å². The molecule has 0 bridgehead atoms. The summed E-state index contributed by atoms with van der Waals surface area (Å²) in [4.78, 5) is 12.6. The molecule has 6 heteroatoms. The number of fused-ring (bicyclic) bond motifs is 3. The van der Waals surface area contributed by atoms with Crippen molar-refractivity contribution in [3.63, 3.8) is 0 Å². The largest absolute Gasteiger partial charge is 0.496 e. The van der Waals surface area contributed by atoms with E-state index in [1.165, 1.54) is 11.1 Å². The highest BCUT2D eigenvalue weighted by molar-refractivity contribution is 6.29. The first kappa shape index (κ1) is 17.7. The topological polar surface area (TPSA) is 76.3 Å². The average molecular weight is 386 g/mol. The Morgan fingerprint density at radius 2 is 1.86 bits per heavy atom. The van der Waals surface area contributed by atoms with Gasteiger partial charge in [-0.2, -0.15) is 0 Å². The summed E-state index contributed by atoms with van der Waals surface area (Å²) in [7, 11) is 1.70. The molecule has 29 heavy (non-hydrogen) atoms. The number of hydrogen-bond acceptors (Lipinski definition) is 5. The van der Waals surface area contributed by atoms with E-state index in [1.54, 1.807) is 7.11 Å². The number of aromatic nitrogens is 3. The van der Waals surface area contributed by atoms with Crippen LogP contribution in [0.5, 0.6) is 5.75 Å². The number of nitrogens with one attached hydrogen (secondary N) is 1. The molecule has 1 N–H and O–H groups in total. The number of allylic oxidation sites excluding steroid dienone is 1. The third-order valence-electron chi connectivity index (χ3n) is 5.74. The second-order valence-corrected chi connectivity index (χ2v) is 7.59. The lowest BCUT2D eigenvalue weighted by atomic mass is 9.95. The smallest absolute Gasteiger partial charge is 0.141 e. The minimum atomic E-state index is 0.749. The fourth-order valence-corrected chi connectivity index (χ4v) is 4.43. The van der Waals surface area contributed by atoms with Crippen molar-refractivity contribution in [1.82, 2.24) is 15.1 Å². The maximum Gasteiger partial charge on any atom is 0.141 e. The number of ether oxygens (including phenoxy) is 1. The number of benzene rings is 1. The van der Waals surface area contributed by atoms with Crippen LogP contribution in [0.3, 0.4) is 0 Å². The third-order valence-corrected chi connectivity index (χ3v) is 5.74. The van der Waals surface area contributed by atoms with E-state index in [2.05, 4.69) is 46.1 Å². The first-order chi connectivity index (χ1) is 14.0. The highest BCUT2D eigenvalue weighted by Gasteiger charge is 2.22. The van der Waals surface area contributed by atoms with E-state index in [0.29, 0.717) is 0 Å². The number of H-pyrrole nitrogens is 1. The van der Waals surface area contributed by atoms with Crippen molar-refractivity contribution in [3.8, 4) is 16.9 Å². The van der Waals surface area contributed by atoms with E-state index in [9.17, 15) is 0 Å². The molecule has 0 saturated heterocycles. The molecular weight excluding hydrogens is 364 g/mol. The molecule has 1 aromatic carbocycles. The third kappa shape index (κ3) is 2.52. The molecule has 0 spiro atoms. The van der Waals surface area contributed by atoms with Crippen LogP contribution in [0.25, 0.3) is 38.5 Å². The van der Waals surface area contributed by atoms with E-state index < -0.39 is 0 Å². The summed E-state index contributed by atoms with van der Waals surface area (Å²) in [5, 5.41) is 6.35. The number of aromatic amines is 1. The minimum Gasteiger partial charge on any atom is -0.496 e. The highest BCUT2D eigenvalue weighted by Crippen LogP contribution is 2.41. The molecule has 0 fully saturated rings. The van der Waals surface area contributed by atoms with E-state index in [1.807, 2.05) is 26.2 Å². The fourth-order valence-electron chi connectivity index (χ4n) is 4.43. The van der Waals surface area contributed by atoms with Gasteiger partial charge in [0.25, 0.3) is 0 Å². The van der Waals surface area contributed by atoms with Gasteiger partial charge < -0.3 is 14.2 Å². The van der Waals surface area contributed by atoms with Crippen LogP contribution >= 0.6 is 0 Å². The number of pyridine rings is 1. The maximum absolute atomic E-state index is 5.78. The lowest BCUT2D eigenvalue weighted by Crippen LogP contribution is -1.96. The Morgan fingerprint density at radius 1 is 1.03 bits per heavy atom. The first-order valence-corrected chi connectivity index (χ1v) is 9.61. The zero-order chi connectivity index (χ0) is 20.3. The van der Waals surface area contributed by atoms with Crippen LogP contribution < -0.4 is 4.74 Å². The number of methoxy groups -OCH3 is 1. The average Bonchev–Trinajstić information content (AvgIpc) is 3.35. The molecule has 0 unspecified atom stereocenters. The van der Waals surface area contributed by atoms with Gasteiger partial charge >= 0.3 is 0 Å². The van der Waals surface area contributed by atoms with E-state index in [-0.39, 0.29) is 0 Å². The van der Waals surface area contributed by atoms with Gasteiger partial charge in [0.05, 0.1) is 36.6 Å². The fraction of sp³-hybridized carbons (Fsp3) is 0.261. The van der Waals surface area contributed by atoms with Crippen molar-refractivity contribution in [1.29, 1.82) is 0 Å². The Morgan fingerprint density at radius 3 is 2.52 bits per heavy atom. The molecule has 1 aliphatic heterocycles. The summed E-state index contributed by atoms with van der Waals surface area (Å²) in [6.07, 6.45) is 3.81. The van der Waals surface area contributed by atoms with Gasteiger partial charge in [-0.1, -0.05) is 5.16 Å². The van der Waals surface area contributed by atoms with Gasteiger partial charge in [0.1, 0.15) is 11.5 Å². The van der Waals surface area contributed by atoms with Crippen molar-refractivity contribution >= 4 is 33.1 Å². The molecule has 0 atom stereocenters. The molecule has 6 nitrogen and oxygen atoms in total. The minimum absolute atomic E-state index is 0.749. The Kier molecular flexibility index (Phi) is 3.84. The predicted octanol–water partition coefficient (Wildman–Crippen LogP) is 5.24. The molecule has 146 valence electrons. The van der Waals surface area contributed by atoms with Crippen LogP contribution in [-0.2, 0) is 0 Å². The number of rotatable bonds is 3. The molecule has 4 aromatic rings. The lowest BCUT2D eigenvalue weighted by Gasteiger charge is -2.10. The van der Waals surface area contributed by atoms with Gasteiger partial charge in [-0.05, 0) is 45.4 Å². The number of aryl methyl sites for hydroxylation is 2. The van der Waals surface area contributed by atoms with Gasteiger partial charge in [-0.3, -0.25) is 9.98 Å². The van der Waals surface area contributed by atoms with E-state index in [0.717, 1.165) is 68.0 Å². The number of nitrogens with zero attached hydrogens (tertiary/aromatic N) is 3. The van der Waals surface area contributed by atoms with Crippen LogP contribution in [0.15, 0.2) is 39.6 Å². The van der Waals surface area contributed by atoms with Crippen molar-refractivity contribution < 1.29 is 9.26 Å². The molecule has 5 rings (SSSR count). The molecule has 0 saturated carbocycles. The Labute approximate surface area is 168 Å². The SMILES string of the molecule is COc1cc2c(cc1-c1c(C)noc1C)[nH]c1cncc(C3=C(C)CN=C3C)c12. The molecule has 0 aliphatic carbocycles. The van der Waals surface area contributed by atoms with Crippen LogP contribution in [0.4, 0.5) is 0 Å². The van der Waals surface area contributed by atoms with E-state index in [4.69, 9.17) is 9.26 Å². The molecule has 0 amide bonds. The summed E-state index contributed by atoms with van der Waals surface area (Å²) in [6, 6.07) is 4.21. The van der Waals surface area contributed by atoms with Gasteiger partial charge in [0, 0.05) is 44.9 Å². The zero-order valence-corrected chi connectivity index (χ0v) is 17.2. The summed E-state index contributed by atoms with van der Waals surface area (Å²) in [5.41, 5.74) is 9.43. The van der Waals surface area contributed by atoms with E-state index >= 15 is 0 Å². The molecule has 1 aliphatic rings. The van der Waals surface area contributed by atoms with Gasteiger partial charge in [0.15, 0.2) is 0 Å². The van der Waals surface area contributed by atoms with Gasteiger partial charge in [-0.25, -0.2) is 0 Å². The number of aliphatic imine (C=N–C) groups is 1. The van der Waals surface area contributed by atoms with Crippen molar-refractivity contribution in [2.75, 3.05) is 13.7 Å². The Hall–Kier alpha value is -3.41. The second kappa shape index (κ2) is 6.30.